The summed E-state index contributed by atoms with van der Waals surface area (Å²) in [6, 6.07) is 7.21. The molecule has 0 saturated carbocycles. The van der Waals surface area contributed by atoms with Crippen LogP contribution in [0.5, 0.6) is 0 Å². The van der Waals surface area contributed by atoms with E-state index in [-0.39, 0.29) is 11.9 Å². The summed E-state index contributed by atoms with van der Waals surface area (Å²) in [6.45, 7) is 0.905. The molecule has 1 aliphatic heterocycles. The van der Waals surface area contributed by atoms with Gasteiger partial charge in [0.15, 0.2) is 0 Å². The molecule has 1 aromatic carbocycles. The number of nitrogens with one attached hydrogen (secondary N) is 3. The van der Waals surface area contributed by atoms with Crippen molar-refractivity contribution in [3.8, 4) is 0 Å². The number of rotatable bonds is 4. The van der Waals surface area contributed by atoms with Crippen LogP contribution in [0, 0.1) is 5.41 Å². The van der Waals surface area contributed by atoms with Crippen molar-refractivity contribution in [2.75, 3.05) is 11.9 Å². The number of allylic oxidation sites excluding steroid dienone is 1. The minimum atomic E-state index is -0.0914. The number of piperidine rings is 1. The maximum absolute atomic E-state index is 12.0. The van der Waals surface area contributed by atoms with E-state index >= 15 is 0 Å². The first-order valence-corrected chi connectivity index (χ1v) is 6.81. The average molecular weight is 272 g/mol. The predicted molar refractivity (Wildman–Crippen MR) is 81.7 cm³/mol. The van der Waals surface area contributed by atoms with Gasteiger partial charge in [0.1, 0.15) is 0 Å². The summed E-state index contributed by atoms with van der Waals surface area (Å²) >= 11 is 0. The molecule has 1 atom stereocenters. The molecule has 0 radical (unpaired) electrons. The lowest BCUT2D eigenvalue weighted by Gasteiger charge is -2.22. The number of hydrogen-bond donors (Lipinski definition) is 4. The van der Waals surface area contributed by atoms with Gasteiger partial charge in [0.05, 0.1) is 6.04 Å². The summed E-state index contributed by atoms with van der Waals surface area (Å²) in [7, 11) is 0. The predicted octanol–water partition coefficient (Wildman–Crippen LogP) is 1.72. The van der Waals surface area contributed by atoms with E-state index in [1.54, 1.807) is 0 Å². The lowest BCUT2D eigenvalue weighted by Crippen LogP contribution is -2.43. The van der Waals surface area contributed by atoms with E-state index in [9.17, 15) is 4.79 Å². The first kappa shape index (κ1) is 14.3. The molecule has 0 aliphatic carbocycles. The van der Waals surface area contributed by atoms with Gasteiger partial charge in [-0.15, -0.1) is 0 Å². The van der Waals surface area contributed by atoms with Gasteiger partial charge in [0.25, 0.3) is 0 Å². The van der Waals surface area contributed by atoms with Crippen molar-refractivity contribution in [2.24, 2.45) is 5.73 Å². The van der Waals surface area contributed by atoms with Crippen molar-refractivity contribution in [2.45, 2.75) is 25.3 Å². The molecule has 5 nitrogen and oxygen atoms in total. The number of carbonyl (C=O) groups is 1. The van der Waals surface area contributed by atoms with E-state index in [4.69, 9.17) is 11.1 Å². The second-order valence-electron chi connectivity index (χ2n) is 4.86. The first-order valence-electron chi connectivity index (χ1n) is 6.81. The monoisotopic (exact) mass is 272 g/mol. The molecule has 1 saturated heterocycles. The quantitative estimate of drug-likeness (QED) is 0.629. The van der Waals surface area contributed by atoms with E-state index in [2.05, 4.69) is 10.6 Å². The van der Waals surface area contributed by atoms with Crippen LogP contribution in [0.3, 0.4) is 0 Å². The molecule has 0 spiro atoms. The number of anilines is 1. The molecule has 1 aromatic rings. The summed E-state index contributed by atoms with van der Waals surface area (Å²) in [5.41, 5.74) is 7.91. The Hall–Kier alpha value is -2.14. The molecule has 20 heavy (non-hydrogen) atoms. The maximum Gasteiger partial charge on any atom is 0.241 e. The number of carbonyl (C=O) groups excluding carboxylic acids is 1. The second kappa shape index (κ2) is 6.86. The van der Waals surface area contributed by atoms with Crippen LogP contribution >= 0.6 is 0 Å². The minimum absolute atomic E-state index is 0.0143. The molecule has 106 valence electrons. The smallest absolute Gasteiger partial charge is 0.241 e. The standard InChI is InChI=1S/C15H20N4O/c16-9-8-13(17)11-4-6-12(7-5-11)19-15(20)14-3-1-2-10-18-14/h4-9,14,16,18H,1-3,10,17H2,(H,19,20)/b13-8-,16-9?. The zero-order valence-electron chi connectivity index (χ0n) is 11.4. The number of nitrogens with two attached hydrogens (primary N) is 1. The van der Waals surface area contributed by atoms with Crippen LogP contribution < -0.4 is 16.4 Å². The van der Waals surface area contributed by atoms with Gasteiger partial charge in [-0.25, -0.2) is 0 Å². The molecule has 1 heterocycles. The van der Waals surface area contributed by atoms with Crippen LogP contribution in [-0.2, 0) is 4.79 Å². The Morgan fingerprint density at radius 2 is 2.10 bits per heavy atom. The van der Waals surface area contributed by atoms with Crippen molar-refractivity contribution in [1.29, 1.82) is 5.41 Å². The van der Waals surface area contributed by atoms with Crippen LogP contribution in [0.4, 0.5) is 5.69 Å². The van der Waals surface area contributed by atoms with Crippen molar-refractivity contribution >= 4 is 23.5 Å². The molecule has 5 N–H and O–H groups in total. The fraction of sp³-hybridized carbons (Fsp3) is 0.333. The third kappa shape index (κ3) is 3.68. The van der Waals surface area contributed by atoms with Gasteiger partial charge < -0.3 is 21.8 Å². The Morgan fingerprint density at radius 1 is 1.35 bits per heavy atom. The van der Waals surface area contributed by atoms with Gasteiger partial charge in [0, 0.05) is 17.6 Å². The summed E-state index contributed by atoms with van der Waals surface area (Å²) < 4.78 is 0. The van der Waals surface area contributed by atoms with Crippen LogP contribution in [0.25, 0.3) is 5.70 Å². The molecular weight excluding hydrogens is 252 g/mol. The lowest BCUT2D eigenvalue weighted by molar-refractivity contribution is -0.118. The van der Waals surface area contributed by atoms with Crippen molar-refractivity contribution in [1.82, 2.24) is 5.32 Å². The molecule has 1 amide bonds. The molecule has 1 fully saturated rings. The average Bonchev–Trinajstić information content (AvgIpc) is 2.49. The summed E-state index contributed by atoms with van der Waals surface area (Å²) in [5.74, 6) is 0.0143. The molecular formula is C15H20N4O. The Kier molecular flexibility index (Phi) is 4.90. The Labute approximate surface area is 118 Å². The number of hydrogen-bond acceptors (Lipinski definition) is 4. The minimum Gasteiger partial charge on any atom is -0.398 e. The van der Waals surface area contributed by atoms with Gasteiger partial charge in [0.2, 0.25) is 5.91 Å². The molecule has 0 bridgehead atoms. The zero-order valence-corrected chi connectivity index (χ0v) is 11.4. The van der Waals surface area contributed by atoms with Crippen LogP contribution in [0.2, 0.25) is 0 Å². The summed E-state index contributed by atoms with van der Waals surface area (Å²) in [6.07, 6.45) is 5.80. The zero-order chi connectivity index (χ0) is 14.4. The fourth-order valence-electron chi connectivity index (χ4n) is 2.24. The topological polar surface area (TPSA) is 91.0 Å². The van der Waals surface area contributed by atoms with E-state index < -0.39 is 0 Å². The first-order chi connectivity index (χ1) is 9.70. The van der Waals surface area contributed by atoms with Gasteiger partial charge in [-0.2, -0.15) is 0 Å². The molecule has 5 heteroatoms. The largest absolute Gasteiger partial charge is 0.398 e. The number of amides is 1. The molecule has 2 rings (SSSR count). The fourth-order valence-corrected chi connectivity index (χ4v) is 2.24. The van der Waals surface area contributed by atoms with E-state index in [1.165, 1.54) is 6.08 Å². The van der Waals surface area contributed by atoms with Crippen molar-refractivity contribution in [3.05, 3.63) is 35.9 Å². The highest BCUT2D eigenvalue weighted by Crippen LogP contribution is 2.15. The van der Waals surface area contributed by atoms with Gasteiger partial charge in [-0.1, -0.05) is 18.6 Å². The molecule has 0 aromatic heterocycles. The van der Waals surface area contributed by atoms with E-state index in [0.29, 0.717) is 5.70 Å². The molecule has 1 unspecified atom stereocenters. The Bertz CT molecular complexity index is 501. The van der Waals surface area contributed by atoms with E-state index in [0.717, 1.165) is 43.3 Å². The van der Waals surface area contributed by atoms with Gasteiger partial charge >= 0.3 is 0 Å². The normalized spacial score (nSPS) is 19.4. The van der Waals surface area contributed by atoms with Crippen LogP contribution in [0.1, 0.15) is 24.8 Å². The third-order valence-corrected chi connectivity index (χ3v) is 3.38. The lowest BCUT2D eigenvalue weighted by atomic mass is 10.0. The molecule has 1 aliphatic rings. The van der Waals surface area contributed by atoms with E-state index in [1.807, 2.05) is 24.3 Å². The van der Waals surface area contributed by atoms with Gasteiger partial charge in [-0.05, 0) is 43.2 Å². The summed E-state index contributed by atoms with van der Waals surface area (Å²) in [5, 5.41) is 13.1. The van der Waals surface area contributed by atoms with Crippen molar-refractivity contribution in [3.63, 3.8) is 0 Å². The van der Waals surface area contributed by atoms with Gasteiger partial charge in [-0.3, -0.25) is 4.79 Å². The Balaban J connectivity index is 1.98. The highest BCUT2D eigenvalue weighted by atomic mass is 16.2. The van der Waals surface area contributed by atoms with Crippen molar-refractivity contribution < 1.29 is 4.79 Å². The van der Waals surface area contributed by atoms with Crippen LogP contribution in [-0.4, -0.2) is 24.7 Å². The SMILES string of the molecule is N=C/C=C(\N)c1ccc(NC(=O)C2CCCCN2)cc1. The Morgan fingerprint density at radius 3 is 2.70 bits per heavy atom. The maximum atomic E-state index is 12.0. The highest BCUT2D eigenvalue weighted by molar-refractivity contribution is 5.95. The second-order valence-corrected chi connectivity index (χ2v) is 4.86. The summed E-state index contributed by atoms with van der Waals surface area (Å²) in [4.78, 5) is 12.0. The highest BCUT2D eigenvalue weighted by Gasteiger charge is 2.20. The number of benzene rings is 1. The van der Waals surface area contributed by atoms with Crippen LogP contribution in [0.15, 0.2) is 30.3 Å². The third-order valence-electron chi connectivity index (χ3n) is 3.38.